The van der Waals surface area contributed by atoms with E-state index in [9.17, 15) is 14.4 Å². The molecule has 1 fully saturated rings. The van der Waals surface area contributed by atoms with E-state index in [1.54, 1.807) is 36.4 Å². The second-order valence-electron chi connectivity index (χ2n) is 8.81. The lowest BCUT2D eigenvalue weighted by atomic mass is 10.1. The predicted molar refractivity (Wildman–Crippen MR) is 156 cm³/mol. The standard InChI is InChI=1S/C29H26Cl2N2O5S/c1-4-37-24-13-20(12-22(31)27(24)38-16-19-6-8-21(30)9-7-19)14-25-28(35)33(29(36)39-25)15-26(34)32-23-10-5-17(2)11-18(23)3/h5-14H,4,15-16H2,1-3H3,(H,32,34)/b25-14+. The van der Waals surface area contributed by atoms with Gasteiger partial charge in [0.15, 0.2) is 11.5 Å². The van der Waals surface area contributed by atoms with Crippen molar-refractivity contribution in [2.75, 3.05) is 18.5 Å². The van der Waals surface area contributed by atoms with Crippen LogP contribution in [0.1, 0.15) is 29.2 Å². The quantitative estimate of drug-likeness (QED) is 0.266. The van der Waals surface area contributed by atoms with Crippen molar-refractivity contribution in [3.05, 3.63) is 91.8 Å². The minimum absolute atomic E-state index is 0.174. The van der Waals surface area contributed by atoms with E-state index in [2.05, 4.69) is 5.32 Å². The molecule has 3 amide bonds. The lowest BCUT2D eigenvalue weighted by Crippen LogP contribution is -2.36. The number of ether oxygens (including phenoxy) is 2. The number of nitrogens with zero attached hydrogens (tertiary/aromatic N) is 1. The SMILES string of the molecule is CCOc1cc(/C=C2/SC(=O)N(CC(=O)Nc3ccc(C)cc3C)C2=O)cc(Cl)c1OCc1ccc(Cl)cc1. The zero-order chi connectivity index (χ0) is 28.1. The largest absolute Gasteiger partial charge is 0.490 e. The Morgan fingerprint density at radius 2 is 1.77 bits per heavy atom. The zero-order valence-electron chi connectivity index (χ0n) is 21.5. The Labute approximate surface area is 241 Å². The Morgan fingerprint density at radius 1 is 1.03 bits per heavy atom. The van der Waals surface area contributed by atoms with Crippen molar-refractivity contribution in [3.8, 4) is 11.5 Å². The lowest BCUT2D eigenvalue weighted by Gasteiger charge is -2.15. The smallest absolute Gasteiger partial charge is 0.294 e. The Morgan fingerprint density at radius 3 is 2.46 bits per heavy atom. The molecule has 3 aromatic carbocycles. The molecule has 202 valence electrons. The topological polar surface area (TPSA) is 84.9 Å². The van der Waals surface area contributed by atoms with E-state index in [1.165, 1.54) is 0 Å². The summed E-state index contributed by atoms with van der Waals surface area (Å²) < 4.78 is 11.7. The van der Waals surface area contributed by atoms with Crippen molar-refractivity contribution in [1.82, 2.24) is 4.90 Å². The van der Waals surface area contributed by atoms with Gasteiger partial charge in [0.2, 0.25) is 5.91 Å². The first kappa shape index (κ1) is 28.5. The average Bonchev–Trinajstić information content (AvgIpc) is 3.13. The van der Waals surface area contributed by atoms with Gasteiger partial charge in [-0.05, 0) is 85.6 Å². The first-order chi connectivity index (χ1) is 18.6. The first-order valence-corrected chi connectivity index (χ1v) is 13.7. The Bertz CT molecular complexity index is 1460. The molecule has 10 heteroatoms. The maximum Gasteiger partial charge on any atom is 0.294 e. The fourth-order valence-electron chi connectivity index (χ4n) is 3.89. The van der Waals surface area contributed by atoms with Crippen LogP contribution in [0.2, 0.25) is 10.0 Å². The number of rotatable bonds is 9. The molecular formula is C29H26Cl2N2O5S. The van der Waals surface area contributed by atoms with Crippen LogP contribution >= 0.6 is 35.0 Å². The second-order valence-corrected chi connectivity index (χ2v) is 10.6. The number of aryl methyl sites for hydroxylation is 2. The molecule has 0 atom stereocenters. The first-order valence-electron chi connectivity index (χ1n) is 12.1. The molecule has 1 heterocycles. The number of amides is 3. The highest BCUT2D eigenvalue weighted by Gasteiger charge is 2.36. The Kier molecular flexibility index (Phi) is 9.22. The number of carbonyl (C=O) groups is 3. The molecule has 0 aromatic heterocycles. The van der Waals surface area contributed by atoms with Gasteiger partial charge < -0.3 is 14.8 Å². The molecule has 1 N–H and O–H groups in total. The van der Waals surface area contributed by atoms with E-state index in [0.717, 1.165) is 33.4 Å². The highest BCUT2D eigenvalue weighted by molar-refractivity contribution is 8.18. The van der Waals surface area contributed by atoms with Gasteiger partial charge >= 0.3 is 0 Å². The van der Waals surface area contributed by atoms with E-state index in [0.29, 0.717) is 34.4 Å². The number of hydrogen-bond acceptors (Lipinski definition) is 6. The molecular weight excluding hydrogens is 559 g/mol. The zero-order valence-corrected chi connectivity index (χ0v) is 23.9. The van der Waals surface area contributed by atoms with Crippen LogP contribution in [0, 0.1) is 13.8 Å². The summed E-state index contributed by atoms with van der Waals surface area (Å²) in [5.41, 5.74) is 4.03. The van der Waals surface area contributed by atoms with Crippen LogP contribution in [-0.4, -0.2) is 35.1 Å². The van der Waals surface area contributed by atoms with E-state index in [1.807, 2.05) is 45.0 Å². The van der Waals surface area contributed by atoms with E-state index in [-0.39, 0.29) is 16.5 Å². The van der Waals surface area contributed by atoms with Gasteiger partial charge in [0.25, 0.3) is 11.1 Å². The van der Waals surface area contributed by atoms with E-state index < -0.39 is 23.6 Å². The maximum absolute atomic E-state index is 13.0. The summed E-state index contributed by atoms with van der Waals surface area (Å²) in [5.74, 6) is -0.258. The monoisotopic (exact) mass is 584 g/mol. The molecule has 4 rings (SSSR count). The molecule has 0 saturated carbocycles. The number of hydrogen-bond donors (Lipinski definition) is 1. The minimum atomic E-state index is -0.557. The van der Waals surface area contributed by atoms with Crippen molar-refractivity contribution in [1.29, 1.82) is 0 Å². The normalized spacial score (nSPS) is 14.2. The van der Waals surface area contributed by atoms with Crippen LogP contribution in [0.3, 0.4) is 0 Å². The summed E-state index contributed by atoms with van der Waals surface area (Å²) >= 11 is 13.2. The summed E-state index contributed by atoms with van der Waals surface area (Å²) in [6.07, 6.45) is 1.55. The van der Waals surface area contributed by atoms with Crippen LogP contribution in [0.15, 0.2) is 59.5 Å². The number of thioether (sulfide) groups is 1. The molecule has 0 radical (unpaired) electrons. The number of anilines is 1. The highest BCUT2D eigenvalue weighted by atomic mass is 35.5. The van der Waals surface area contributed by atoms with Gasteiger partial charge in [-0.3, -0.25) is 19.3 Å². The minimum Gasteiger partial charge on any atom is -0.490 e. The summed E-state index contributed by atoms with van der Waals surface area (Å²) in [7, 11) is 0. The summed E-state index contributed by atoms with van der Waals surface area (Å²) in [6, 6.07) is 16.2. The molecule has 1 saturated heterocycles. The van der Waals surface area contributed by atoms with Gasteiger partial charge in [-0.15, -0.1) is 0 Å². The Hall–Kier alpha value is -3.46. The molecule has 1 aliphatic rings. The molecule has 0 spiro atoms. The van der Waals surface area contributed by atoms with Crippen LogP contribution in [0.4, 0.5) is 10.5 Å². The fraction of sp³-hybridized carbons (Fsp3) is 0.207. The molecule has 7 nitrogen and oxygen atoms in total. The van der Waals surface area contributed by atoms with Gasteiger partial charge in [-0.2, -0.15) is 0 Å². The highest BCUT2D eigenvalue weighted by Crippen LogP contribution is 2.39. The fourth-order valence-corrected chi connectivity index (χ4v) is 5.12. The molecule has 0 aliphatic carbocycles. The van der Waals surface area contributed by atoms with Crippen LogP contribution in [-0.2, 0) is 16.2 Å². The average molecular weight is 586 g/mol. The van der Waals surface area contributed by atoms with E-state index in [4.69, 9.17) is 32.7 Å². The van der Waals surface area contributed by atoms with Crippen LogP contribution in [0.5, 0.6) is 11.5 Å². The Balaban J connectivity index is 1.48. The van der Waals surface area contributed by atoms with Gasteiger partial charge in [0.05, 0.1) is 16.5 Å². The molecule has 0 unspecified atom stereocenters. The van der Waals surface area contributed by atoms with Crippen molar-refractivity contribution >= 4 is 63.8 Å². The number of halogens is 2. The lowest BCUT2D eigenvalue weighted by molar-refractivity contribution is -0.127. The van der Waals surface area contributed by atoms with Crippen molar-refractivity contribution in [2.24, 2.45) is 0 Å². The number of carbonyl (C=O) groups excluding carboxylic acids is 3. The molecule has 0 bridgehead atoms. The van der Waals surface area contributed by atoms with Crippen molar-refractivity contribution < 1.29 is 23.9 Å². The van der Waals surface area contributed by atoms with Crippen LogP contribution < -0.4 is 14.8 Å². The van der Waals surface area contributed by atoms with Crippen molar-refractivity contribution in [3.63, 3.8) is 0 Å². The third kappa shape index (κ3) is 7.15. The van der Waals surface area contributed by atoms with Gasteiger partial charge in [-0.25, -0.2) is 0 Å². The number of imide groups is 1. The predicted octanol–water partition coefficient (Wildman–Crippen LogP) is 7.26. The number of benzene rings is 3. The molecule has 39 heavy (non-hydrogen) atoms. The summed E-state index contributed by atoms with van der Waals surface area (Å²) in [4.78, 5) is 39.3. The third-order valence-electron chi connectivity index (χ3n) is 5.76. The van der Waals surface area contributed by atoms with Gasteiger partial charge in [-0.1, -0.05) is 53.0 Å². The molecule has 1 aliphatic heterocycles. The third-order valence-corrected chi connectivity index (χ3v) is 7.20. The second kappa shape index (κ2) is 12.6. The van der Waals surface area contributed by atoms with Crippen molar-refractivity contribution in [2.45, 2.75) is 27.4 Å². The van der Waals surface area contributed by atoms with E-state index >= 15 is 0 Å². The summed E-state index contributed by atoms with van der Waals surface area (Å²) in [6.45, 7) is 5.89. The maximum atomic E-state index is 13.0. The molecule has 3 aromatic rings. The number of nitrogens with one attached hydrogen (secondary N) is 1. The van der Waals surface area contributed by atoms with Crippen LogP contribution in [0.25, 0.3) is 6.08 Å². The summed E-state index contributed by atoms with van der Waals surface area (Å²) in [5, 5.41) is 3.15. The van der Waals surface area contributed by atoms with Gasteiger partial charge in [0, 0.05) is 10.7 Å². The van der Waals surface area contributed by atoms with Gasteiger partial charge in [0.1, 0.15) is 13.2 Å².